The number of anilines is 1. The second-order valence-electron chi connectivity index (χ2n) is 4.12. The number of sulfonamides is 1. The fourth-order valence-electron chi connectivity index (χ4n) is 1.65. The largest absolute Gasteiger partial charge is 0.322 e. The van der Waals surface area contributed by atoms with Crippen molar-refractivity contribution in [2.75, 3.05) is 5.32 Å². The lowest BCUT2D eigenvalue weighted by molar-refractivity contribution is 0.102. The molecule has 8 heteroatoms. The molecule has 0 bridgehead atoms. The van der Waals surface area contributed by atoms with Crippen LogP contribution in [0.4, 0.5) is 10.1 Å². The van der Waals surface area contributed by atoms with E-state index in [1.807, 2.05) is 0 Å². The van der Waals surface area contributed by atoms with Crippen LogP contribution in [0.3, 0.4) is 0 Å². The molecule has 0 aliphatic carbocycles. The maximum atomic E-state index is 13.6. The topological polar surface area (TPSA) is 89.3 Å². The van der Waals surface area contributed by atoms with Crippen LogP contribution in [-0.4, -0.2) is 14.3 Å². The first-order valence-electron chi connectivity index (χ1n) is 5.67. The minimum absolute atomic E-state index is 0.0878. The number of amides is 1. The van der Waals surface area contributed by atoms with Gasteiger partial charge in [-0.05, 0) is 30.3 Å². The number of halogens is 2. The number of carbonyl (C=O) groups is 1. The van der Waals surface area contributed by atoms with E-state index in [9.17, 15) is 17.6 Å². The summed E-state index contributed by atoms with van der Waals surface area (Å²) in [5.74, 6) is -1.59. The summed E-state index contributed by atoms with van der Waals surface area (Å²) < 4.78 is 35.8. The Balaban J connectivity index is 2.27. The first kappa shape index (κ1) is 15.4. The summed E-state index contributed by atoms with van der Waals surface area (Å²) in [4.78, 5) is 11.3. The highest BCUT2D eigenvalue weighted by Gasteiger charge is 2.16. The smallest absolute Gasteiger partial charge is 0.257 e. The monoisotopic (exact) mass is 328 g/mol. The molecule has 1 amide bonds. The molecule has 0 spiro atoms. The zero-order chi connectivity index (χ0) is 15.6. The predicted octanol–water partition coefficient (Wildman–Crippen LogP) is 2.38. The van der Waals surface area contributed by atoms with Gasteiger partial charge in [0.2, 0.25) is 10.0 Å². The van der Waals surface area contributed by atoms with Gasteiger partial charge in [0.1, 0.15) is 10.7 Å². The molecule has 0 saturated heterocycles. The van der Waals surface area contributed by atoms with E-state index in [2.05, 4.69) is 5.32 Å². The van der Waals surface area contributed by atoms with Crippen LogP contribution in [0.1, 0.15) is 10.4 Å². The van der Waals surface area contributed by atoms with Crippen molar-refractivity contribution in [2.45, 2.75) is 4.90 Å². The lowest BCUT2D eigenvalue weighted by Crippen LogP contribution is -2.15. The first-order chi connectivity index (χ1) is 9.79. The second-order valence-corrected chi connectivity index (χ2v) is 6.06. The van der Waals surface area contributed by atoms with E-state index in [-0.39, 0.29) is 16.3 Å². The van der Waals surface area contributed by atoms with Crippen LogP contribution in [0.2, 0.25) is 5.02 Å². The minimum Gasteiger partial charge on any atom is -0.322 e. The molecule has 0 unspecified atom stereocenters. The SMILES string of the molecule is NS(=O)(=O)c1ccc(NC(=O)c2ccccc2Cl)cc1F. The molecule has 0 aromatic heterocycles. The van der Waals surface area contributed by atoms with E-state index in [1.165, 1.54) is 12.1 Å². The summed E-state index contributed by atoms with van der Waals surface area (Å²) >= 11 is 5.87. The zero-order valence-corrected chi connectivity index (χ0v) is 12.1. The average Bonchev–Trinajstić information content (AvgIpc) is 2.37. The van der Waals surface area contributed by atoms with Crippen molar-refractivity contribution in [1.82, 2.24) is 0 Å². The highest BCUT2D eigenvalue weighted by Crippen LogP contribution is 2.20. The summed E-state index contributed by atoms with van der Waals surface area (Å²) in [5.41, 5.74) is 0.305. The van der Waals surface area contributed by atoms with E-state index >= 15 is 0 Å². The Bertz CT molecular complexity index is 809. The van der Waals surface area contributed by atoms with E-state index in [0.29, 0.717) is 0 Å². The minimum atomic E-state index is -4.15. The normalized spacial score (nSPS) is 11.2. The molecule has 0 radical (unpaired) electrons. The van der Waals surface area contributed by atoms with E-state index in [4.69, 9.17) is 16.7 Å². The van der Waals surface area contributed by atoms with Gasteiger partial charge in [-0.15, -0.1) is 0 Å². The van der Waals surface area contributed by atoms with Crippen molar-refractivity contribution in [2.24, 2.45) is 5.14 Å². The Morgan fingerprint density at radius 1 is 1.19 bits per heavy atom. The van der Waals surface area contributed by atoms with Crippen molar-refractivity contribution in [1.29, 1.82) is 0 Å². The summed E-state index contributed by atoms with van der Waals surface area (Å²) in [6.07, 6.45) is 0. The highest BCUT2D eigenvalue weighted by molar-refractivity contribution is 7.89. The number of nitrogens with one attached hydrogen (secondary N) is 1. The highest BCUT2D eigenvalue weighted by atomic mass is 35.5. The van der Waals surface area contributed by atoms with Gasteiger partial charge in [-0.25, -0.2) is 17.9 Å². The van der Waals surface area contributed by atoms with Gasteiger partial charge in [0, 0.05) is 5.69 Å². The Morgan fingerprint density at radius 3 is 2.43 bits per heavy atom. The second kappa shape index (κ2) is 5.80. The van der Waals surface area contributed by atoms with Crippen molar-refractivity contribution in [3.63, 3.8) is 0 Å². The maximum absolute atomic E-state index is 13.6. The van der Waals surface area contributed by atoms with Crippen LogP contribution < -0.4 is 10.5 Å². The van der Waals surface area contributed by atoms with Crippen LogP contribution in [0.15, 0.2) is 47.4 Å². The van der Waals surface area contributed by atoms with Gasteiger partial charge in [-0.3, -0.25) is 4.79 Å². The van der Waals surface area contributed by atoms with Crippen LogP contribution >= 0.6 is 11.6 Å². The van der Waals surface area contributed by atoms with E-state index in [1.54, 1.807) is 18.2 Å². The molecule has 2 rings (SSSR count). The molecule has 2 aromatic carbocycles. The molecular weight excluding hydrogens is 319 g/mol. The molecule has 0 aliphatic heterocycles. The van der Waals surface area contributed by atoms with Gasteiger partial charge in [0.15, 0.2) is 0 Å². The Morgan fingerprint density at radius 2 is 1.86 bits per heavy atom. The predicted molar refractivity (Wildman–Crippen MR) is 77.2 cm³/mol. The molecule has 5 nitrogen and oxygen atoms in total. The quantitative estimate of drug-likeness (QED) is 0.906. The number of carbonyl (C=O) groups excluding carboxylic acids is 1. The van der Waals surface area contributed by atoms with Crippen molar-refractivity contribution >= 4 is 33.2 Å². The van der Waals surface area contributed by atoms with Gasteiger partial charge in [0.25, 0.3) is 5.91 Å². The van der Waals surface area contributed by atoms with Gasteiger partial charge >= 0.3 is 0 Å². The lowest BCUT2D eigenvalue weighted by atomic mass is 10.2. The van der Waals surface area contributed by atoms with Crippen molar-refractivity contribution in [3.8, 4) is 0 Å². The molecule has 0 saturated carbocycles. The van der Waals surface area contributed by atoms with Gasteiger partial charge < -0.3 is 5.32 Å². The molecule has 0 aliphatic rings. The number of benzene rings is 2. The number of primary sulfonamides is 1. The molecule has 0 atom stereocenters. The average molecular weight is 329 g/mol. The van der Waals surface area contributed by atoms with E-state index in [0.717, 1.165) is 12.1 Å². The first-order valence-corrected chi connectivity index (χ1v) is 7.59. The number of hydrogen-bond donors (Lipinski definition) is 2. The molecule has 2 aromatic rings. The molecule has 0 heterocycles. The summed E-state index contributed by atoms with van der Waals surface area (Å²) in [6, 6.07) is 9.43. The number of rotatable bonds is 3. The van der Waals surface area contributed by atoms with Gasteiger partial charge in [0.05, 0.1) is 10.6 Å². The van der Waals surface area contributed by atoms with Gasteiger partial charge in [-0.2, -0.15) is 0 Å². The van der Waals surface area contributed by atoms with Crippen LogP contribution in [0.25, 0.3) is 0 Å². The third-order valence-corrected chi connectivity index (χ3v) is 3.89. The molecule has 110 valence electrons. The molecular formula is C13H10ClFN2O3S. The third-order valence-electron chi connectivity index (χ3n) is 2.61. The molecule has 0 fully saturated rings. The summed E-state index contributed by atoms with van der Waals surface area (Å²) in [7, 11) is -4.15. The van der Waals surface area contributed by atoms with Gasteiger partial charge in [-0.1, -0.05) is 23.7 Å². The number of hydrogen-bond acceptors (Lipinski definition) is 3. The maximum Gasteiger partial charge on any atom is 0.257 e. The Labute approximate surface area is 125 Å². The van der Waals surface area contributed by atoms with Crippen LogP contribution in [-0.2, 0) is 10.0 Å². The standard InChI is InChI=1S/C13H10ClFN2O3S/c14-10-4-2-1-3-9(10)13(18)17-8-5-6-12(11(15)7-8)21(16,19)20/h1-7H,(H,17,18)(H2,16,19,20). The summed E-state index contributed by atoms with van der Waals surface area (Å²) in [6.45, 7) is 0. The Kier molecular flexibility index (Phi) is 4.26. The zero-order valence-electron chi connectivity index (χ0n) is 10.5. The lowest BCUT2D eigenvalue weighted by Gasteiger charge is -2.08. The van der Waals surface area contributed by atoms with E-state index < -0.39 is 26.6 Å². The fourth-order valence-corrected chi connectivity index (χ4v) is 2.46. The van der Waals surface area contributed by atoms with Crippen LogP contribution in [0, 0.1) is 5.82 Å². The summed E-state index contributed by atoms with van der Waals surface area (Å²) in [5, 5.41) is 7.51. The third kappa shape index (κ3) is 3.57. The fraction of sp³-hybridized carbons (Fsp3) is 0. The molecule has 3 N–H and O–H groups in total. The van der Waals surface area contributed by atoms with Crippen LogP contribution in [0.5, 0.6) is 0 Å². The van der Waals surface area contributed by atoms with Crippen molar-refractivity contribution < 1.29 is 17.6 Å². The Hall–Kier alpha value is -1.96. The molecule has 21 heavy (non-hydrogen) atoms. The number of nitrogens with two attached hydrogens (primary N) is 1. The van der Waals surface area contributed by atoms with Crippen molar-refractivity contribution in [3.05, 3.63) is 58.9 Å².